The van der Waals surface area contributed by atoms with Gasteiger partial charge >= 0.3 is 5.97 Å². The molecule has 1 amide bonds. The smallest absolute Gasteiger partial charge is 0.374 e. The standard InChI is InChI=1S/C23H18FNO5/c24-18-5-2-1-4-17(18)20-11-12-21(30-20)23(28)29-14-19(26)15-7-9-16(10-8-15)25-13-3-6-22(25)27/h1-2,4-5,7-12H,3,6,13-14H2. The summed E-state index contributed by atoms with van der Waals surface area (Å²) in [5, 5.41) is 0. The summed E-state index contributed by atoms with van der Waals surface area (Å²) in [6.45, 7) is 0.207. The van der Waals surface area contributed by atoms with Gasteiger partial charge in [0.15, 0.2) is 12.4 Å². The molecule has 152 valence electrons. The van der Waals surface area contributed by atoms with Crippen molar-refractivity contribution in [3.63, 3.8) is 0 Å². The number of carbonyl (C=O) groups is 3. The van der Waals surface area contributed by atoms with Crippen LogP contribution in [0.5, 0.6) is 0 Å². The Labute approximate surface area is 171 Å². The minimum atomic E-state index is -0.815. The fourth-order valence-electron chi connectivity index (χ4n) is 3.29. The lowest BCUT2D eigenvalue weighted by molar-refractivity contribution is -0.117. The van der Waals surface area contributed by atoms with Gasteiger partial charge in [-0.05, 0) is 55.0 Å². The summed E-state index contributed by atoms with van der Waals surface area (Å²) < 4.78 is 24.2. The maximum absolute atomic E-state index is 13.8. The third kappa shape index (κ3) is 4.00. The number of nitrogens with zero attached hydrogens (tertiary/aromatic N) is 1. The first-order valence-electron chi connectivity index (χ1n) is 9.48. The molecule has 0 spiro atoms. The summed E-state index contributed by atoms with van der Waals surface area (Å²) in [6, 6.07) is 15.5. The van der Waals surface area contributed by atoms with E-state index in [1.165, 1.54) is 24.3 Å². The predicted octanol–water partition coefficient (Wildman–Crippen LogP) is 4.25. The van der Waals surface area contributed by atoms with E-state index in [9.17, 15) is 18.8 Å². The Morgan fingerprint density at radius 2 is 1.80 bits per heavy atom. The second kappa shape index (κ2) is 8.32. The number of rotatable bonds is 6. The number of benzene rings is 2. The van der Waals surface area contributed by atoms with Crippen LogP contribution in [-0.4, -0.2) is 30.8 Å². The van der Waals surface area contributed by atoms with E-state index in [4.69, 9.17) is 9.15 Å². The third-order valence-corrected chi connectivity index (χ3v) is 4.86. The molecular formula is C23H18FNO5. The van der Waals surface area contributed by atoms with E-state index in [-0.39, 0.29) is 28.8 Å². The van der Waals surface area contributed by atoms with Crippen molar-refractivity contribution in [1.82, 2.24) is 0 Å². The van der Waals surface area contributed by atoms with E-state index >= 15 is 0 Å². The van der Waals surface area contributed by atoms with E-state index in [0.717, 1.165) is 12.1 Å². The van der Waals surface area contributed by atoms with Crippen molar-refractivity contribution in [3.05, 3.63) is 77.8 Å². The largest absolute Gasteiger partial charge is 0.451 e. The van der Waals surface area contributed by atoms with Crippen LogP contribution in [0.15, 0.2) is 65.1 Å². The number of esters is 1. The molecule has 3 aromatic rings. The summed E-state index contributed by atoms with van der Waals surface area (Å²) in [6.07, 6.45) is 1.35. The van der Waals surface area contributed by atoms with Crippen molar-refractivity contribution in [2.24, 2.45) is 0 Å². The van der Waals surface area contributed by atoms with Crippen LogP contribution >= 0.6 is 0 Å². The number of Topliss-reactive ketones (excluding diaryl/α,β-unsaturated/α-hetero) is 1. The van der Waals surface area contributed by atoms with E-state index in [2.05, 4.69) is 0 Å². The maximum atomic E-state index is 13.8. The molecule has 4 rings (SSSR count). The van der Waals surface area contributed by atoms with Gasteiger partial charge in [-0.15, -0.1) is 0 Å². The van der Waals surface area contributed by atoms with Crippen molar-refractivity contribution >= 4 is 23.3 Å². The summed E-state index contributed by atoms with van der Waals surface area (Å²) in [5.41, 5.74) is 1.33. The van der Waals surface area contributed by atoms with Crippen molar-refractivity contribution in [1.29, 1.82) is 0 Å². The van der Waals surface area contributed by atoms with Crippen LogP contribution in [0.25, 0.3) is 11.3 Å². The lowest BCUT2D eigenvalue weighted by Gasteiger charge is -2.15. The second-order valence-corrected chi connectivity index (χ2v) is 6.84. The first kappa shape index (κ1) is 19.6. The van der Waals surface area contributed by atoms with Crippen molar-refractivity contribution in [2.45, 2.75) is 12.8 Å². The van der Waals surface area contributed by atoms with Crippen LogP contribution in [0.4, 0.5) is 10.1 Å². The van der Waals surface area contributed by atoms with Crippen LogP contribution < -0.4 is 4.90 Å². The summed E-state index contributed by atoms with van der Waals surface area (Å²) in [4.78, 5) is 37.9. The first-order chi connectivity index (χ1) is 14.5. The highest BCUT2D eigenvalue weighted by Gasteiger charge is 2.22. The van der Waals surface area contributed by atoms with E-state index in [1.54, 1.807) is 41.3 Å². The number of carbonyl (C=O) groups excluding carboxylic acids is 3. The highest BCUT2D eigenvalue weighted by Crippen LogP contribution is 2.25. The van der Waals surface area contributed by atoms with Gasteiger partial charge in [0.2, 0.25) is 11.7 Å². The lowest BCUT2D eigenvalue weighted by Crippen LogP contribution is -2.23. The SMILES string of the molecule is O=C(COC(=O)c1ccc(-c2ccccc2F)o1)c1ccc(N2CCCC2=O)cc1. The molecule has 30 heavy (non-hydrogen) atoms. The fraction of sp³-hybridized carbons (Fsp3) is 0.174. The van der Waals surface area contributed by atoms with Gasteiger partial charge in [0.05, 0.1) is 5.56 Å². The van der Waals surface area contributed by atoms with E-state index < -0.39 is 18.4 Å². The summed E-state index contributed by atoms with van der Waals surface area (Å²) >= 11 is 0. The zero-order chi connectivity index (χ0) is 21.1. The van der Waals surface area contributed by atoms with Crippen molar-refractivity contribution < 1.29 is 27.9 Å². The highest BCUT2D eigenvalue weighted by molar-refractivity contribution is 6.00. The third-order valence-electron chi connectivity index (χ3n) is 4.86. The Balaban J connectivity index is 1.36. The van der Waals surface area contributed by atoms with Gasteiger partial charge < -0.3 is 14.1 Å². The molecular weight excluding hydrogens is 389 g/mol. The first-order valence-corrected chi connectivity index (χ1v) is 9.48. The number of amides is 1. The molecule has 0 bridgehead atoms. The molecule has 6 nitrogen and oxygen atoms in total. The van der Waals surface area contributed by atoms with Crippen molar-refractivity contribution in [3.8, 4) is 11.3 Å². The quantitative estimate of drug-likeness (QED) is 0.451. The zero-order valence-corrected chi connectivity index (χ0v) is 16.0. The number of hydrogen-bond donors (Lipinski definition) is 0. The Morgan fingerprint density at radius 3 is 2.50 bits per heavy atom. The average molecular weight is 407 g/mol. The Hall–Kier alpha value is -3.74. The Bertz CT molecular complexity index is 1100. The highest BCUT2D eigenvalue weighted by atomic mass is 19.1. The summed E-state index contributed by atoms with van der Waals surface area (Å²) in [7, 11) is 0. The van der Waals surface area contributed by atoms with Crippen molar-refractivity contribution in [2.75, 3.05) is 18.1 Å². The molecule has 7 heteroatoms. The number of ketones is 1. The minimum absolute atomic E-state index is 0.0659. The zero-order valence-electron chi connectivity index (χ0n) is 16.0. The normalized spacial score (nSPS) is 13.5. The molecule has 1 fully saturated rings. The molecule has 1 aliphatic rings. The number of furan rings is 1. The Morgan fingerprint density at radius 1 is 1.03 bits per heavy atom. The molecule has 0 atom stereocenters. The van der Waals surface area contributed by atoms with Gasteiger partial charge in [-0.3, -0.25) is 9.59 Å². The number of anilines is 1. The van der Waals surface area contributed by atoms with Crippen LogP contribution in [0.3, 0.4) is 0 Å². The molecule has 0 radical (unpaired) electrons. The molecule has 0 N–H and O–H groups in total. The van der Waals surface area contributed by atoms with Gasteiger partial charge in [-0.25, -0.2) is 9.18 Å². The van der Waals surface area contributed by atoms with E-state index in [1.807, 2.05) is 0 Å². The Kier molecular flexibility index (Phi) is 5.43. The number of ether oxygens (including phenoxy) is 1. The lowest BCUT2D eigenvalue weighted by atomic mass is 10.1. The predicted molar refractivity (Wildman–Crippen MR) is 107 cm³/mol. The van der Waals surface area contributed by atoms with Crippen LogP contribution in [0.2, 0.25) is 0 Å². The van der Waals surface area contributed by atoms with E-state index in [0.29, 0.717) is 18.5 Å². The molecule has 0 saturated carbocycles. The molecule has 1 saturated heterocycles. The molecule has 1 aliphatic heterocycles. The van der Waals surface area contributed by atoms with Gasteiger partial charge in [0, 0.05) is 24.2 Å². The molecule has 1 aromatic heterocycles. The van der Waals surface area contributed by atoms with Gasteiger partial charge in [0.1, 0.15) is 11.6 Å². The average Bonchev–Trinajstić information content (AvgIpc) is 3.41. The number of halogens is 1. The topological polar surface area (TPSA) is 76.8 Å². The molecule has 0 unspecified atom stereocenters. The monoisotopic (exact) mass is 407 g/mol. The number of hydrogen-bond acceptors (Lipinski definition) is 5. The molecule has 2 heterocycles. The fourth-order valence-corrected chi connectivity index (χ4v) is 3.29. The molecule has 0 aliphatic carbocycles. The van der Waals surface area contributed by atoms with Crippen LogP contribution in [0, 0.1) is 5.82 Å². The van der Waals surface area contributed by atoms with Crippen LogP contribution in [-0.2, 0) is 9.53 Å². The minimum Gasteiger partial charge on any atom is -0.451 e. The molecule has 2 aromatic carbocycles. The second-order valence-electron chi connectivity index (χ2n) is 6.84. The van der Waals surface area contributed by atoms with Gasteiger partial charge in [-0.1, -0.05) is 12.1 Å². The summed E-state index contributed by atoms with van der Waals surface area (Å²) in [5.74, 6) is -1.53. The van der Waals surface area contributed by atoms with Gasteiger partial charge in [0.25, 0.3) is 0 Å². The van der Waals surface area contributed by atoms with Gasteiger partial charge in [-0.2, -0.15) is 0 Å². The maximum Gasteiger partial charge on any atom is 0.374 e. The van der Waals surface area contributed by atoms with Crippen LogP contribution in [0.1, 0.15) is 33.8 Å².